The Bertz CT molecular complexity index is 479. The summed E-state index contributed by atoms with van der Waals surface area (Å²) in [6, 6.07) is 4.24. The van der Waals surface area contributed by atoms with Crippen LogP contribution in [0.5, 0.6) is 5.75 Å². The molecule has 0 saturated heterocycles. The van der Waals surface area contributed by atoms with Crippen molar-refractivity contribution in [2.24, 2.45) is 0 Å². The number of alkyl halides is 1. The van der Waals surface area contributed by atoms with Crippen molar-refractivity contribution in [1.82, 2.24) is 5.32 Å². The van der Waals surface area contributed by atoms with E-state index in [0.717, 1.165) is 11.8 Å². The first-order valence-corrected chi connectivity index (χ1v) is 6.81. The second-order valence-electron chi connectivity index (χ2n) is 3.97. The molecule has 1 atom stereocenters. The lowest BCUT2D eigenvalue weighted by Gasteiger charge is -2.14. The summed E-state index contributed by atoms with van der Waals surface area (Å²) in [5, 5.41) is 14.4. The minimum absolute atomic E-state index is 0.0176. The molecule has 0 aliphatic heterocycles. The number of nitro groups is 1. The van der Waals surface area contributed by atoms with Gasteiger partial charge in [-0.05, 0) is 19.4 Å². The number of para-hydroxylation sites is 1. The van der Waals surface area contributed by atoms with Gasteiger partial charge in [-0.1, -0.05) is 22.0 Å². The number of nitro benzene ring substituents is 1. The smallest absolute Gasteiger partial charge is 0.311 e. The molecule has 1 N–H and O–H groups in total. The van der Waals surface area contributed by atoms with Gasteiger partial charge < -0.3 is 10.1 Å². The molecule has 0 aromatic heterocycles. The van der Waals surface area contributed by atoms with Crippen LogP contribution in [0.4, 0.5) is 5.69 Å². The van der Waals surface area contributed by atoms with E-state index >= 15 is 0 Å². The third-order valence-electron chi connectivity index (χ3n) is 2.56. The molecule has 6 nitrogen and oxygen atoms in total. The number of nitrogens with one attached hydrogen (secondary N) is 1. The van der Waals surface area contributed by atoms with Crippen molar-refractivity contribution in [3.05, 3.63) is 33.9 Å². The molecule has 0 aliphatic rings. The van der Waals surface area contributed by atoms with E-state index in [1.54, 1.807) is 0 Å². The molecule has 0 fully saturated rings. The van der Waals surface area contributed by atoms with Crippen LogP contribution in [0.1, 0.15) is 23.7 Å². The normalized spacial score (nSPS) is 11.7. The molecule has 1 aromatic rings. The maximum Gasteiger partial charge on any atom is 0.311 e. The van der Waals surface area contributed by atoms with Crippen molar-refractivity contribution < 1.29 is 14.5 Å². The van der Waals surface area contributed by atoms with Crippen LogP contribution in [0.15, 0.2) is 18.2 Å². The fourth-order valence-electron chi connectivity index (χ4n) is 1.60. The highest BCUT2D eigenvalue weighted by atomic mass is 79.9. The summed E-state index contributed by atoms with van der Waals surface area (Å²) in [4.78, 5) is 22.4. The zero-order valence-electron chi connectivity index (χ0n) is 10.7. The number of hydrogen-bond acceptors (Lipinski definition) is 4. The minimum atomic E-state index is -0.572. The maximum absolute atomic E-state index is 12.1. The van der Waals surface area contributed by atoms with Gasteiger partial charge >= 0.3 is 5.69 Å². The van der Waals surface area contributed by atoms with E-state index in [0.29, 0.717) is 0 Å². The van der Waals surface area contributed by atoms with Gasteiger partial charge in [0.05, 0.1) is 17.6 Å². The van der Waals surface area contributed by atoms with E-state index in [2.05, 4.69) is 21.2 Å². The highest BCUT2D eigenvalue weighted by molar-refractivity contribution is 9.09. The van der Waals surface area contributed by atoms with Crippen LogP contribution < -0.4 is 10.1 Å². The van der Waals surface area contributed by atoms with E-state index in [4.69, 9.17) is 4.74 Å². The Morgan fingerprint density at radius 3 is 2.79 bits per heavy atom. The van der Waals surface area contributed by atoms with Gasteiger partial charge in [0.25, 0.3) is 5.91 Å². The van der Waals surface area contributed by atoms with Gasteiger partial charge in [-0.15, -0.1) is 0 Å². The summed E-state index contributed by atoms with van der Waals surface area (Å²) in [6.07, 6.45) is 0.767. The highest BCUT2D eigenvalue weighted by Crippen LogP contribution is 2.30. The number of amides is 1. The molecule has 0 heterocycles. The number of nitrogens with zero attached hydrogens (tertiary/aromatic N) is 1. The summed E-state index contributed by atoms with van der Waals surface area (Å²) in [6.45, 7) is 1.86. The number of benzene rings is 1. The minimum Gasteiger partial charge on any atom is -0.490 e. The van der Waals surface area contributed by atoms with Crippen molar-refractivity contribution in [2.75, 3.05) is 12.4 Å². The fourth-order valence-corrected chi connectivity index (χ4v) is 2.29. The average Bonchev–Trinajstić information content (AvgIpc) is 2.37. The number of rotatable bonds is 6. The second-order valence-corrected chi connectivity index (χ2v) is 4.76. The highest BCUT2D eigenvalue weighted by Gasteiger charge is 2.22. The molecule has 0 saturated carbocycles. The number of carbonyl (C=O) groups excluding carboxylic acids is 1. The third kappa shape index (κ3) is 3.92. The van der Waals surface area contributed by atoms with Crippen LogP contribution in [0, 0.1) is 10.1 Å². The molecule has 1 unspecified atom stereocenters. The summed E-state index contributed by atoms with van der Waals surface area (Å²) in [5.41, 5.74) is -0.0542. The quantitative estimate of drug-likeness (QED) is 0.493. The van der Waals surface area contributed by atoms with Gasteiger partial charge in [0.1, 0.15) is 0 Å². The van der Waals surface area contributed by atoms with E-state index in [1.807, 2.05) is 6.92 Å². The van der Waals surface area contributed by atoms with Crippen molar-refractivity contribution >= 4 is 27.5 Å². The lowest BCUT2D eigenvalue weighted by atomic mass is 10.1. The Hall–Kier alpha value is -1.63. The number of halogens is 1. The molecule has 0 aliphatic carbocycles. The molecule has 0 spiro atoms. The molecule has 7 heteroatoms. The lowest BCUT2D eigenvalue weighted by Crippen LogP contribution is -2.33. The zero-order chi connectivity index (χ0) is 14.4. The van der Waals surface area contributed by atoms with Crippen molar-refractivity contribution in [3.63, 3.8) is 0 Å². The lowest BCUT2D eigenvalue weighted by molar-refractivity contribution is -0.385. The molecule has 0 bridgehead atoms. The zero-order valence-corrected chi connectivity index (χ0v) is 12.3. The second kappa shape index (κ2) is 7.08. The van der Waals surface area contributed by atoms with Crippen molar-refractivity contribution in [1.29, 1.82) is 0 Å². The number of hydrogen-bond donors (Lipinski definition) is 1. The standard InChI is InChI=1S/C12H15BrN2O4/c1-8(6-7-13)14-12(16)9-4-3-5-10(15(17)18)11(9)19-2/h3-5,8H,6-7H2,1-2H3,(H,14,16). The SMILES string of the molecule is COc1c(C(=O)NC(C)CCBr)cccc1[N+](=O)[O-]. The first kappa shape index (κ1) is 15.4. The fraction of sp³-hybridized carbons (Fsp3) is 0.417. The largest absolute Gasteiger partial charge is 0.490 e. The van der Waals surface area contributed by atoms with Crippen LogP contribution in [0.25, 0.3) is 0 Å². The van der Waals surface area contributed by atoms with Gasteiger partial charge in [-0.2, -0.15) is 0 Å². The molecular weight excluding hydrogens is 316 g/mol. The molecule has 0 radical (unpaired) electrons. The number of ether oxygens (including phenoxy) is 1. The predicted molar refractivity (Wildman–Crippen MR) is 75.0 cm³/mol. The molecule has 104 valence electrons. The average molecular weight is 331 g/mol. The maximum atomic E-state index is 12.1. The van der Waals surface area contributed by atoms with E-state index in [1.165, 1.54) is 25.3 Å². The Labute approximate surface area is 119 Å². The summed E-state index contributed by atoms with van der Waals surface area (Å²) in [5.74, 6) is -0.398. The first-order valence-electron chi connectivity index (χ1n) is 5.69. The van der Waals surface area contributed by atoms with Crippen molar-refractivity contribution in [2.45, 2.75) is 19.4 Å². The van der Waals surface area contributed by atoms with Gasteiger partial charge in [0, 0.05) is 17.4 Å². The van der Waals surface area contributed by atoms with Crippen LogP contribution >= 0.6 is 15.9 Å². The van der Waals surface area contributed by atoms with Crippen LogP contribution in [-0.2, 0) is 0 Å². The monoisotopic (exact) mass is 330 g/mol. The van der Waals surface area contributed by atoms with E-state index in [9.17, 15) is 14.9 Å². The molecule has 1 aromatic carbocycles. The first-order chi connectivity index (χ1) is 9.01. The molecule has 1 amide bonds. The van der Waals surface area contributed by atoms with Gasteiger partial charge in [-0.25, -0.2) is 0 Å². The summed E-state index contributed by atoms with van der Waals surface area (Å²) in [7, 11) is 1.31. The van der Waals surface area contributed by atoms with Crippen LogP contribution in [0.3, 0.4) is 0 Å². The van der Waals surface area contributed by atoms with E-state index in [-0.39, 0.29) is 28.9 Å². The van der Waals surface area contributed by atoms with Gasteiger partial charge in [0.2, 0.25) is 5.75 Å². The van der Waals surface area contributed by atoms with E-state index < -0.39 is 4.92 Å². The third-order valence-corrected chi connectivity index (χ3v) is 3.02. The number of carbonyl (C=O) groups is 1. The number of methoxy groups -OCH3 is 1. The van der Waals surface area contributed by atoms with Gasteiger partial charge in [0.15, 0.2) is 0 Å². The molecule has 19 heavy (non-hydrogen) atoms. The van der Waals surface area contributed by atoms with Gasteiger partial charge in [-0.3, -0.25) is 14.9 Å². The summed E-state index contributed by atoms with van der Waals surface area (Å²) >= 11 is 3.29. The summed E-state index contributed by atoms with van der Waals surface area (Å²) < 4.78 is 4.99. The Balaban J connectivity index is 3.03. The van der Waals surface area contributed by atoms with Crippen LogP contribution in [0.2, 0.25) is 0 Å². The topological polar surface area (TPSA) is 81.5 Å². The van der Waals surface area contributed by atoms with Crippen molar-refractivity contribution in [3.8, 4) is 5.75 Å². The molecular formula is C12H15BrN2O4. The molecule has 1 rings (SSSR count). The Kier molecular flexibility index (Phi) is 5.75. The predicted octanol–water partition coefficient (Wildman–Crippen LogP) is 2.51. The Morgan fingerprint density at radius 2 is 2.26 bits per heavy atom. The Morgan fingerprint density at radius 1 is 1.58 bits per heavy atom. The van der Waals surface area contributed by atoms with Crippen LogP contribution in [-0.4, -0.2) is 29.3 Å².